The number of rotatable bonds is 9. The molecule has 0 bridgehead atoms. The van der Waals surface area contributed by atoms with Crippen LogP contribution >= 0.6 is 0 Å². The summed E-state index contributed by atoms with van der Waals surface area (Å²) in [5, 5.41) is 47.8. The molecule has 0 radical (unpaired) electrons. The lowest BCUT2D eigenvalue weighted by molar-refractivity contribution is -0.319. The summed E-state index contributed by atoms with van der Waals surface area (Å²) in [6, 6.07) is 0. The Morgan fingerprint density at radius 2 is 1.87 bits per heavy atom. The van der Waals surface area contributed by atoms with Gasteiger partial charge >= 0.3 is 0 Å². The van der Waals surface area contributed by atoms with Crippen molar-refractivity contribution in [3.05, 3.63) is 12.7 Å². The monoisotopic (exact) mass is 334 g/mol. The van der Waals surface area contributed by atoms with E-state index in [0.717, 1.165) is 12.8 Å². The first kappa shape index (κ1) is 20.5. The van der Waals surface area contributed by atoms with Gasteiger partial charge in [-0.05, 0) is 32.1 Å². The number of aliphatic hydroxyl groups excluding tert-OH is 5. The summed E-state index contributed by atoms with van der Waals surface area (Å²) in [6.07, 6.45) is -2.69. The van der Waals surface area contributed by atoms with Crippen molar-refractivity contribution in [3.8, 4) is 0 Å². The van der Waals surface area contributed by atoms with Gasteiger partial charge in [-0.25, -0.2) is 0 Å². The second kappa shape index (κ2) is 9.08. The van der Waals surface area contributed by atoms with Crippen molar-refractivity contribution < 1.29 is 35.0 Å². The predicted octanol–water partition coefficient (Wildman–Crippen LogP) is -0.454. The maximum atomic E-state index is 10.0. The summed E-state index contributed by atoms with van der Waals surface area (Å²) in [4.78, 5) is 0. The van der Waals surface area contributed by atoms with Gasteiger partial charge in [0.05, 0.1) is 12.2 Å². The number of ether oxygens (including phenoxy) is 2. The molecular formula is C16H30O7. The van der Waals surface area contributed by atoms with Gasteiger partial charge in [-0.3, -0.25) is 0 Å². The molecule has 0 spiro atoms. The van der Waals surface area contributed by atoms with Crippen LogP contribution in [0, 0.1) is 5.92 Å². The summed E-state index contributed by atoms with van der Waals surface area (Å²) in [5.41, 5.74) is -0.803. The van der Waals surface area contributed by atoms with Crippen LogP contribution in [-0.4, -0.2) is 75.1 Å². The van der Waals surface area contributed by atoms with E-state index in [1.807, 2.05) is 6.92 Å². The van der Waals surface area contributed by atoms with Gasteiger partial charge in [0.15, 0.2) is 6.29 Å². The van der Waals surface area contributed by atoms with Crippen molar-refractivity contribution in [2.24, 2.45) is 5.92 Å². The fourth-order valence-corrected chi connectivity index (χ4v) is 2.53. The molecule has 7 atom stereocenters. The molecule has 0 aromatic rings. The third kappa shape index (κ3) is 5.49. The summed E-state index contributed by atoms with van der Waals surface area (Å²) in [5.74, 6) is 0.191. The average Bonchev–Trinajstić information content (AvgIpc) is 2.55. The Morgan fingerprint density at radius 3 is 2.39 bits per heavy atom. The Morgan fingerprint density at radius 1 is 1.22 bits per heavy atom. The molecule has 1 heterocycles. The zero-order valence-electron chi connectivity index (χ0n) is 13.8. The second-order valence-electron chi connectivity index (χ2n) is 6.51. The van der Waals surface area contributed by atoms with Gasteiger partial charge in [0.25, 0.3) is 0 Å². The zero-order valence-corrected chi connectivity index (χ0v) is 13.8. The molecule has 0 aliphatic carbocycles. The first-order valence-electron chi connectivity index (χ1n) is 8.00. The Kier molecular flexibility index (Phi) is 8.09. The molecule has 23 heavy (non-hydrogen) atoms. The maximum absolute atomic E-state index is 10.0. The Balaban J connectivity index is 2.66. The molecule has 0 aromatic heterocycles. The highest BCUT2D eigenvalue weighted by Gasteiger charge is 2.45. The molecule has 0 amide bonds. The molecule has 7 heteroatoms. The molecule has 0 aromatic carbocycles. The summed E-state index contributed by atoms with van der Waals surface area (Å²) in [6.45, 7) is 7.10. The quantitative estimate of drug-likeness (QED) is 0.362. The van der Waals surface area contributed by atoms with Gasteiger partial charge in [0.2, 0.25) is 0 Å². The molecular weight excluding hydrogens is 304 g/mol. The van der Waals surface area contributed by atoms with E-state index in [-0.39, 0.29) is 12.5 Å². The van der Waals surface area contributed by atoms with Crippen LogP contribution in [0.2, 0.25) is 0 Å². The lowest BCUT2D eigenvalue weighted by atomic mass is 9.94. The van der Waals surface area contributed by atoms with Gasteiger partial charge in [0, 0.05) is 6.61 Å². The first-order chi connectivity index (χ1) is 10.8. The van der Waals surface area contributed by atoms with Crippen molar-refractivity contribution in [1.82, 2.24) is 0 Å². The highest BCUT2D eigenvalue weighted by molar-refractivity contribution is 4.96. The van der Waals surface area contributed by atoms with E-state index in [1.54, 1.807) is 13.0 Å². The van der Waals surface area contributed by atoms with E-state index in [2.05, 4.69) is 6.58 Å². The highest BCUT2D eigenvalue weighted by Crippen LogP contribution is 2.29. The molecule has 0 unspecified atom stereocenters. The van der Waals surface area contributed by atoms with Gasteiger partial charge in [-0.2, -0.15) is 0 Å². The molecule has 7 nitrogen and oxygen atoms in total. The standard InChI is InChI=1S/C16H30O7/c1-4-16(3,7-5-6-10(2)8-17)23-15-14(21)13(20)12(19)11(9-18)22-15/h4,10-15,17-21H,1,5-9H2,2-3H3/t10-,11+,12+,13-,14+,15-,16+/m0/s1. The summed E-state index contributed by atoms with van der Waals surface area (Å²) >= 11 is 0. The smallest absolute Gasteiger partial charge is 0.187 e. The van der Waals surface area contributed by atoms with Gasteiger partial charge in [0.1, 0.15) is 24.4 Å². The van der Waals surface area contributed by atoms with Crippen LogP contribution in [-0.2, 0) is 9.47 Å². The zero-order chi connectivity index (χ0) is 17.6. The largest absolute Gasteiger partial charge is 0.396 e. The Hall–Kier alpha value is -0.540. The van der Waals surface area contributed by atoms with Gasteiger partial charge in [-0.15, -0.1) is 6.58 Å². The molecule has 1 aliphatic heterocycles. The van der Waals surface area contributed by atoms with E-state index in [9.17, 15) is 20.4 Å². The van der Waals surface area contributed by atoms with E-state index >= 15 is 0 Å². The van der Waals surface area contributed by atoms with Crippen LogP contribution < -0.4 is 0 Å². The molecule has 5 N–H and O–H groups in total. The van der Waals surface area contributed by atoms with Gasteiger partial charge in [-0.1, -0.05) is 13.0 Å². The minimum Gasteiger partial charge on any atom is -0.396 e. The average molecular weight is 334 g/mol. The van der Waals surface area contributed by atoms with Crippen molar-refractivity contribution in [3.63, 3.8) is 0 Å². The third-order valence-electron chi connectivity index (χ3n) is 4.35. The van der Waals surface area contributed by atoms with E-state index in [0.29, 0.717) is 6.42 Å². The molecule has 1 aliphatic rings. The van der Waals surface area contributed by atoms with E-state index in [4.69, 9.17) is 14.6 Å². The minimum absolute atomic E-state index is 0.123. The highest BCUT2D eigenvalue weighted by atomic mass is 16.7. The molecule has 1 rings (SSSR count). The van der Waals surface area contributed by atoms with Crippen LogP contribution in [0.15, 0.2) is 12.7 Å². The molecule has 1 fully saturated rings. The third-order valence-corrected chi connectivity index (χ3v) is 4.35. The van der Waals surface area contributed by atoms with Crippen LogP contribution in [0.4, 0.5) is 0 Å². The normalized spacial score (nSPS) is 35.5. The van der Waals surface area contributed by atoms with Crippen LogP contribution in [0.3, 0.4) is 0 Å². The fourth-order valence-electron chi connectivity index (χ4n) is 2.53. The topological polar surface area (TPSA) is 120 Å². The number of hydrogen-bond donors (Lipinski definition) is 5. The van der Waals surface area contributed by atoms with Crippen LogP contribution in [0.1, 0.15) is 33.1 Å². The minimum atomic E-state index is -1.46. The molecule has 1 saturated heterocycles. The number of aliphatic hydroxyl groups is 5. The van der Waals surface area contributed by atoms with Crippen LogP contribution in [0.5, 0.6) is 0 Å². The lowest BCUT2D eigenvalue weighted by Gasteiger charge is -2.42. The summed E-state index contributed by atoms with van der Waals surface area (Å²) < 4.78 is 11.1. The molecule has 0 saturated carbocycles. The maximum Gasteiger partial charge on any atom is 0.187 e. The van der Waals surface area contributed by atoms with Crippen molar-refractivity contribution in [2.45, 2.75) is 69.4 Å². The lowest BCUT2D eigenvalue weighted by Crippen LogP contribution is -2.60. The van der Waals surface area contributed by atoms with Gasteiger partial charge < -0.3 is 35.0 Å². The Labute approximate surface area is 137 Å². The van der Waals surface area contributed by atoms with E-state index in [1.165, 1.54) is 0 Å². The predicted molar refractivity (Wildman–Crippen MR) is 83.6 cm³/mol. The summed E-state index contributed by atoms with van der Waals surface area (Å²) in [7, 11) is 0. The molecule has 136 valence electrons. The SMILES string of the molecule is C=C[C@](C)(CCC[C@H](C)CO)O[C@@H]1O[C@H](CO)[C@@H](O)[C@H](O)[C@H]1O. The van der Waals surface area contributed by atoms with Crippen molar-refractivity contribution in [1.29, 1.82) is 0 Å². The number of hydrogen-bond acceptors (Lipinski definition) is 7. The van der Waals surface area contributed by atoms with Crippen molar-refractivity contribution >= 4 is 0 Å². The Bertz CT molecular complexity index is 362. The van der Waals surface area contributed by atoms with Crippen molar-refractivity contribution in [2.75, 3.05) is 13.2 Å². The fraction of sp³-hybridized carbons (Fsp3) is 0.875. The van der Waals surface area contributed by atoms with Crippen LogP contribution in [0.25, 0.3) is 0 Å². The first-order valence-corrected chi connectivity index (χ1v) is 8.00. The second-order valence-corrected chi connectivity index (χ2v) is 6.51. The van der Waals surface area contributed by atoms with E-state index < -0.39 is 42.9 Å².